The third-order valence-corrected chi connectivity index (χ3v) is 3.46. The lowest BCUT2D eigenvalue weighted by atomic mass is 10.1. The van der Waals surface area contributed by atoms with Gasteiger partial charge < -0.3 is 10.4 Å². The Balaban J connectivity index is 2.13. The fourth-order valence-corrected chi connectivity index (χ4v) is 2.53. The highest BCUT2D eigenvalue weighted by Gasteiger charge is 2.25. The summed E-state index contributed by atoms with van der Waals surface area (Å²) in [7, 11) is 0. The number of halogens is 1. The summed E-state index contributed by atoms with van der Waals surface area (Å²) in [4.78, 5) is 0. The second kappa shape index (κ2) is 4.43. The molecule has 1 aromatic rings. The van der Waals surface area contributed by atoms with Gasteiger partial charge in [-0.3, -0.25) is 0 Å². The number of hydrogen-bond acceptors (Lipinski definition) is 2. The minimum atomic E-state index is 0.237. The van der Waals surface area contributed by atoms with Crippen molar-refractivity contribution in [3.05, 3.63) is 34.3 Å². The van der Waals surface area contributed by atoms with Crippen molar-refractivity contribution in [1.82, 2.24) is 5.32 Å². The first-order chi connectivity index (χ1) is 6.81. The van der Waals surface area contributed by atoms with Crippen LogP contribution in [0.4, 0.5) is 0 Å². The van der Waals surface area contributed by atoms with E-state index in [9.17, 15) is 0 Å². The molecule has 0 radical (unpaired) electrons. The average molecular weight is 256 g/mol. The summed E-state index contributed by atoms with van der Waals surface area (Å²) in [5.74, 6) is 0. The number of aliphatic hydroxyl groups is 1. The summed E-state index contributed by atoms with van der Waals surface area (Å²) < 4.78 is 1.15. The van der Waals surface area contributed by atoms with E-state index in [0.717, 1.165) is 17.3 Å². The van der Waals surface area contributed by atoms with Gasteiger partial charge >= 0.3 is 0 Å². The zero-order chi connectivity index (χ0) is 9.97. The molecule has 0 saturated carbocycles. The zero-order valence-electron chi connectivity index (χ0n) is 7.91. The Morgan fingerprint density at radius 3 is 2.79 bits per heavy atom. The highest BCUT2D eigenvalue weighted by molar-refractivity contribution is 9.10. The van der Waals surface area contributed by atoms with Crippen LogP contribution in [-0.2, 0) is 0 Å². The van der Waals surface area contributed by atoms with Crippen molar-refractivity contribution in [2.45, 2.75) is 24.9 Å². The van der Waals surface area contributed by atoms with E-state index >= 15 is 0 Å². The molecule has 0 amide bonds. The summed E-state index contributed by atoms with van der Waals surface area (Å²) in [5.41, 5.74) is 1.29. The van der Waals surface area contributed by atoms with Crippen molar-refractivity contribution < 1.29 is 5.11 Å². The van der Waals surface area contributed by atoms with Crippen molar-refractivity contribution in [3.63, 3.8) is 0 Å². The molecule has 0 bridgehead atoms. The molecule has 1 saturated heterocycles. The molecule has 76 valence electrons. The van der Waals surface area contributed by atoms with Crippen LogP contribution < -0.4 is 5.32 Å². The summed E-state index contributed by atoms with van der Waals surface area (Å²) in [5, 5.41) is 12.4. The molecule has 2 nitrogen and oxygen atoms in total. The SMILES string of the molecule is OCC1CCC(c2ccccc2Br)N1. The minimum Gasteiger partial charge on any atom is -0.395 e. The Bertz CT molecular complexity index is 316. The van der Waals surface area contributed by atoms with Crippen LogP contribution in [0.15, 0.2) is 28.7 Å². The Hall–Kier alpha value is -0.380. The summed E-state index contributed by atoms with van der Waals surface area (Å²) in [6.07, 6.45) is 2.16. The molecule has 0 aliphatic carbocycles. The molecule has 2 unspecified atom stereocenters. The van der Waals surface area contributed by atoms with Crippen molar-refractivity contribution in [2.75, 3.05) is 6.61 Å². The molecule has 1 aromatic carbocycles. The van der Waals surface area contributed by atoms with E-state index in [4.69, 9.17) is 5.11 Å². The van der Waals surface area contributed by atoms with Crippen LogP contribution in [0.2, 0.25) is 0 Å². The van der Waals surface area contributed by atoms with Gasteiger partial charge in [-0.25, -0.2) is 0 Å². The molecule has 1 fully saturated rings. The smallest absolute Gasteiger partial charge is 0.0584 e. The molecule has 1 aliphatic heterocycles. The molecular formula is C11H14BrNO. The maximum atomic E-state index is 9.03. The Kier molecular flexibility index (Phi) is 3.21. The van der Waals surface area contributed by atoms with E-state index < -0.39 is 0 Å². The first kappa shape index (κ1) is 10.1. The van der Waals surface area contributed by atoms with E-state index in [1.165, 1.54) is 5.56 Å². The van der Waals surface area contributed by atoms with Crippen molar-refractivity contribution in [3.8, 4) is 0 Å². The summed E-state index contributed by atoms with van der Waals surface area (Å²) in [6, 6.07) is 8.92. The third-order valence-electron chi connectivity index (χ3n) is 2.74. The van der Waals surface area contributed by atoms with Crippen LogP contribution >= 0.6 is 15.9 Å². The maximum absolute atomic E-state index is 9.03. The fraction of sp³-hybridized carbons (Fsp3) is 0.455. The molecule has 2 N–H and O–H groups in total. The number of benzene rings is 1. The van der Waals surface area contributed by atoms with E-state index in [1.807, 2.05) is 12.1 Å². The second-order valence-corrected chi connectivity index (χ2v) is 4.55. The lowest BCUT2D eigenvalue weighted by Gasteiger charge is -2.14. The lowest BCUT2D eigenvalue weighted by Crippen LogP contribution is -2.27. The number of nitrogens with one attached hydrogen (secondary N) is 1. The van der Waals surface area contributed by atoms with Gasteiger partial charge in [0.1, 0.15) is 0 Å². The number of rotatable bonds is 2. The van der Waals surface area contributed by atoms with Gasteiger partial charge in [-0.1, -0.05) is 34.1 Å². The highest BCUT2D eigenvalue weighted by atomic mass is 79.9. The largest absolute Gasteiger partial charge is 0.395 e. The normalized spacial score (nSPS) is 26.7. The minimum absolute atomic E-state index is 0.237. The van der Waals surface area contributed by atoms with Gasteiger partial charge in [-0.15, -0.1) is 0 Å². The Morgan fingerprint density at radius 1 is 1.36 bits per heavy atom. The molecule has 0 spiro atoms. The molecule has 2 atom stereocenters. The number of aliphatic hydroxyl groups excluding tert-OH is 1. The van der Waals surface area contributed by atoms with E-state index in [2.05, 4.69) is 33.4 Å². The van der Waals surface area contributed by atoms with Crippen molar-refractivity contribution >= 4 is 15.9 Å². The van der Waals surface area contributed by atoms with E-state index in [0.29, 0.717) is 6.04 Å². The van der Waals surface area contributed by atoms with Gasteiger partial charge in [0.15, 0.2) is 0 Å². The predicted octanol–water partition coefficient (Wildman–Crippen LogP) is 2.23. The average Bonchev–Trinajstić information content (AvgIpc) is 2.67. The Labute approximate surface area is 92.5 Å². The van der Waals surface area contributed by atoms with Gasteiger partial charge in [0.25, 0.3) is 0 Å². The van der Waals surface area contributed by atoms with Crippen molar-refractivity contribution in [1.29, 1.82) is 0 Å². The zero-order valence-corrected chi connectivity index (χ0v) is 9.50. The molecule has 1 heterocycles. The van der Waals surface area contributed by atoms with Crippen LogP contribution in [-0.4, -0.2) is 17.8 Å². The van der Waals surface area contributed by atoms with Gasteiger partial charge in [-0.05, 0) is 24.5 Å². The highest BCUT2D eigenvalue weighted by Crippen LogP contribution is 2.31. The van der Waals surface area contributed by atoms with Gasteiger partial charge in [0.05, 0.1) is 6.61 Å². The van der Waals surface area contributed by atoms with Crippen LogP contribution in [0.5, 0.6) is 0 Å². The van der Waals surface area contributed by atoms with Gasteiger partial charge in [-0.2, -0.15) is 0 Å². The maximum Gasteiger partial charge on any atom is 0.0584 e. The first-order valence-electron chi connectivity index (χ1n) is 4.92. The molecule has 2 rings (SSSR count). The third kappa shape index (κ3) is 2.00. The van der Waals surface area contributed by atoms with Crippen molar-refractivity contribution in [2.24, 2.45) is 0 Å². The molecule has 0 aromatic heterocycles. The number of hydrogen-bond donors (Lipinski definition) is 2. The predicted molar refractivity (Wildman–Crippen MR) is 60.1 cm³/mol. The molecule has 1 aliphatic rings. The molecule has 14 heavy (non-hydrogen) atoms. The van der Waals surface area contributed by atoms with Crippen LogP contribution in [0.1, 0.15) is 24.4 Å². The van der Waals surface area contributed by atoms with Crippen LogP contribution in [0.3, 0.4) is 0 Å². The topological polar surface area (TPSA) is 32.3 Å². The van der Waals surface area contributed by atoms with Crippen LogP contribution in [0.25, 0.3) is 0 Å². The van der Waals surface area contributed by atoms with Gasteiger partial charge in [0.2, 0.25) is 0 Å². The second-order valence-electron chi connectivity index (χ2n) is 3.70. The summed E-state index contributed by atoms with van der Waals surface area (Å²) >= 11 is 3.55. The lowest BCUT2D eigenvalue weighted by molar-refractivity contribution is 0.251. The standard InChI is InChI=1S/C11H14BrNO/c12-10-4-2-1-3-9(10)11-6-5-8(7-14)13-11/h1-4,8,11,13-14H,5-7H2. The summed E-state index contributed by atoms with van der Waals surface area (Å²) in [6.45, 7) is 0.237. The monoisotopic (exact) mass is 255 g/mol. The molecular weight excluding hydrogens is 242 g/mol. The van der Waals surface area contributed by atoms with E-state index in [1.54, 1.807) is 0 Å². The van der Waals surface area contributed by atoms with E-state index in [-0.39, 0.29) is 12.6 Å². The molecule has 3 heteroatoms. The quantitative estimate of drug-likeness (QED) is 0.850. The van der Waals surface area contributed by atoms with Crippen LogP contribution in [0, 0.1) is 0 Å². The van der Waals surface area contributed by atoms with Gasteiger partial charge in [0, 0.05) is 16.6 Å². The Morgan fingerprint density at radius 2 is 2.14 bits per heavy atom. The first-order valence-corrected chi connectivity index (χ1v) is 5.72. The fourth-order valence-electron chi connectivity index (χ4n) is 1.97.